The number of amides is 2. The monoisotopic (exact) mass is 327 g/mol. The number of carbonyl (C=O) groups excluding carboxylic acids is 2. The molecule has 0 aliphatic heterocycles. The van der Waals surface area contributed by atoms with Gasteiger partial charge in [-0.3, -0.25) is 25.4 Å². The number of carbonyl (C=O) groups is 2. The fourth-order valence-electron chi connectivity index (χ4n) is 2.02. The highest BCUT2D eigenvalue weighted by Gasteiger charge is 2.08. The maximum Gasteiger partial charge on any atom is 0.276 e. The lowest BCUT2D eigenvalue weighted by Crippen LogP contribution is -2.43. The third kappa shape index (κ3) is 5.08. The Balaban J connectivity index is 1.76. The minimum absolute atomic E-state index is 0.181. The fraction of sp³-hybridized carbons (Fsp3) is 0.278. The Morgan fingerprint density at radius 2 is 1.75 bits per heavy atom. The molecule has 0 saturated heterocycles. The van der Waals surface area contributed by atoms with Crippen LogP contribution in [-0.4, -0.2) is 23.4 Å². The Morgan fingerprint density at radius 3 is 2.38 bits per heavy atom. The van der Waals surface area contributed by atoms with E-state index in [9.17, 15) is 9.59 Å². The predicted molar refractivity (Wildman–Crippen MR) is 90.5 cm³/mol. The first-order chi connectivity index (χ1) is 11.6. The lowest BCUT2D eigenvalue weighted by atomic mass is 9.99. The van der Waals surface area contributed by atoms with Crippen LogP contribution in [-0.2, 0) is 4.79 Å². The van der Waals surface area contributed by atoms with Gasteiger partial charge in [0.2, 0.25) is 0 Å². The second-order valence-electron chi connectivity index (χ2n) is 5.41. The van der Waals surface area contributed by atoms with Crippen molar-refractivity contribution >= 4 is 11.8 Å². The predicted octanol–water partition coefficient (Wildman–Crippen LogP) is 2.44. The number of hydrazine groups is 1. The molecule has 2 N–H and O–H groups in total. The zero-order chi connectivity index (χ0) is 17.4. The Hall–Kier alpha value is -2.89. The second kappa shape index (κ2) is 8.67. The van der Waals surface area contributed by atoms with Crippen molar-refractivity contribution in [1.29, 1.82) is 0 Å². The molecular formula is C18H21N3O3. The minimum Gasteiger partial charge on any atom is -0.484 e. The molecule has 2 rings (SSSR count). The molecule has 6 heteroatoms. The van der Waals surface area contributed by atoms with Crippen LogP contribution < -0.4 is 15.6 Å². The number of pyridine rings is 1. The lowest BCUT2D eigenvalue weighted by molar-refractivity contribution is -0.123. The van der Waals surface area contributed by atoms with E-state index in [1.54, 1.807) is 12.1 Å². The second-order valence-corrected chi connectivity index (χ2v) is 5.41. The highest BCUT2D eigenvalue weighted by molar-refractivity contribution is 5.95. The van der Waals surface area contributed by atoms with E-state index < -0.39 is 11.8 Å². The Bertz CT molecular complexity index is 672. The van der Waals surface area contributed by atoms with E-state index in [1.165, 1.54) is 18.0 Å². The first kappa shape index (κ1) is 17.5. The third-order valence-electron chi connectivity index (χ3n) is 3.69. The van der Waals surface area contributed by atoms with Gasteiger partial charge in [0.05, 0.1) is 0 Å². The molecule has 24 heavy (non-hydrogen) atoms. The zero-order valence-corrected chi connectivity index (χ0v) is 13.8. The van der Waals surface area contributed by atoms with Crippen molar-refractivity contribution in [3.8, 4) is 5.75 Å². The van der Waals surface area contributed by atoms with Crippen molar-refractivity contribution < 1.29 is 14.3 Å². The number of aromatic nitrogens is 1. The van der Waals surface area contributed by atoms with Crippen LogP contribution in [0.2, 0.25) is 0 Å². The van der Waals surface area contributed by atoms with Gasteiger partial charge >= 0.3 is 0 Å². The van der Waals surface area contributed by atoms with Crippen LogP contribution in [0, 0.1) is 0 Å². The summed E-state index contributed by atoms with van der Waals surface area (Å²) in [5, 5.41) is 0. The van der Waals surface area contributed by atoms with Crippen LogP contribution in [0.4, 0.5) is 0 Å². The molecule has 0 radical (unpaired) electrons. The van der Waals surface area contributed by atoms with Crippen LogP contribution in [0.15, 0.2) is 48.8 Å². The lowest BCUT2D eigenvalue weighted by Gasteiger charge is -2.11. The van der Waals surface area contributed by atoms with E-state index in [0.717, 1.165) is 6.42 Å². The summed E-state index contributed by atoms with van der Waals surface area (Å²) in [6, 6.07) is 10.8. The van der Waals surface area contributed by atoms with Gasteiger partial charge in [-0.05, 0) is 42.2 Å². The molecule has 1 heterocycles. The molecule has 6 nitrogen and oxygen atoms in total. The van der Waals surface area contributed by atoms with Crippen molar-refractivity contribution in [2.24, 2.45) is 0 Å². The number of nitrogens with zero attached hydrogens (tertiary/aromatic N) is 1. The molecular weight excluding hydrogens is 306 g/mol. The average molecular weight is 327 g/mol. The largest absolute Gasteiger partial charge is 0.484 e. The quantitative estimate of drug-likeness (QED) is 0.799. The molecule has 1 aromatic heterocycles. The summed E-state index contributed by atoms with van der Waals surface area (Å²) in [5.41, 5.74) is 6.27. The molecule has 0 saturated carbocycles. The summed E-state index contributed by atoms with van der Waals surface area (Å²) in [6.45, 7) is 4.12. The minimum atomic E-state index is -0.441. The molecule has 0 aliphatic carbocycles. The first-order valence-corrected chi connectivity index (χ1v) is 7.82. The summed E-state index contributed by atoms with van der Waals surface area (Å²) in [5.74, 6) is 0.246. The molecule has 0 aliphatic rings. The summed E-state index contributed by atoms with van der Waals surface area (Å²) in [6.07, 6.45) is 4.07. The Kier molecular flexibility index (Phi) is 6.31. The SMILES string of the molecule is CCC(C)c1ccc(OCC(=O)NNC(=O)c2ccncc2)cc1. The number of hydrogen-bond donors (Lipinski definition) is 2. The van der Waals surface area contributed by atoms with Crippen LogP contribution in [0.5, 0.6) is 5.75 Å². The Labute approximate surface area is 141 Å². The van der Waals surface area contributed by atoms with Gasteiger partial charge in [0.15, 0.2) is 6.61 Å². The van der Waals surface area contributed by atoms with Crippen LogP contribution in [0.25, 0.3) is 0 Å². The van der Waals surface area contributed by atoms with Crippen LogP contribution in [0.1, 0.15) is 42.1 Å². The number of ether oxygens (including phenoxy) is 1. The molecule has 2 aromatic rings. The van der Waals surface area contributed by atoms with Crippen LogP contribution in [0.3, 0.4) is 0 Å². The third-order valence-corrected chi connectivity index (χ3v) is 3.69. The molecule has 0 bridgehead atoms. The van der Waals surface area contributed by atoms with E-state index in [1.807, 2.05) is 24.3 Å². The van der Waals surface area contributed by atoms with E-state index in [2.05, 4.69) is 29.7 Å². The van der Waals surface area contributed by atoms with E-state index in [4.69, 9.17) is 4.74 Å². The highest BCUT2D eigenvalue weighted by Crippen LogP contribution is 2.21. The van der Waals surface area contributed by atoms with Crippen molar-refractivity contribution in [2.45, 2.75) is 26.2 Å². The molecule has 126 valence electrons. The van der Waals surface area contributed by atoms with Gasteiger partial charge in [-0.2, -0.15) is 0 Å². The molecule has 1 atom stereocenters. The number of hydrogen-bond acceptors (Lipinski definition) is 4. The van der Waals surface area contributed by atoms with Crippen molar-refractivity contribution in [3.05, 3.63) is 59.9 Å². The summed E-state index contributed by atoms with van der Waals surface area (Å²) < 4.78 is 5.40. The van der Waals surface area contributed by atoms with Crippen molar-refractivity contribution in [2.75, 3.05) is 6.61 Å². The zero-order valence-electron chi connectivity index (χ0n) is 13.8. The van der Waals surface area contributed by atoms with Gasteiger partial charge in [-0.1, -0.05) is 26.0 Å². The van der Waals surface area contributed by atoms with Gasteiger partial charge in [-0.25, -0.2) is 0 Å². The van der Waals surface area contributed by atoms with Gasteiger partial charge < -0.3 is 4.74 Å². The molecule has 1 unspecified atom stereocenters. The van der Waals surface area contributed by atoms with Gasteiger partial charge in [0.1, 0.15) is 5.75 Å². The number of benzene rings is 1. The normalized spacial score (nSPS) is 11.4. The standard InChI is InChI=1S/C18H21N3O3/c1-3-13(2)14-4-6-16(7-5-14)24-12-17(22)20-21-18(23)15-8-10-19-11-9-15/h4-11,13H,3,12H2,1-2H3,(H,20,22)(H,21,23). The average Bonchev–Trinajstić information content (AvgIpc) is 2.64. The van der Waals surface area contributed by atoms with Gasteiger partial charge in [0.25, 0.3) is 11.8 Å². The number of nitrogens with one attached hydrogen (secondary N) is 2. The van der Waals surface area contributed by atoms with Gasteiger partial charge in [-0.15, -0.1) is 0 Å². The summed E-state index contributed by atoms with van der Waals surface area (Å²) in [4.78, 5) is 27.3. The molecule has 0 fully saturated rings. The number of rotatable bonds is 6. The smallest absolute Gasteiger partial charge is 0.276 e. The fourth-order valence-corrected chi connectivity index (χ4v) is 2.02. The maximum atomic E-state index is 11.8. The first-order valence-electron chi connectivity index (χ1n) is 7.82. The van der Waals surface area contributed by atoms with E-state index in [0.29, 0.717) is 17.2 Å². The molecule has 1 aromatic carbocycles. The van der Waals surface area contributed by atoms with Gasteiger partial charge in [0, 0.05) is 18.0 Å². The summed E-state index contributed by atoms with van der Waals surface area (Å²) in [7, 11) is 0. The topological polar surface area (TPSA) is 80.3 Å². The highest BCUT2D eigenvalue weighted by atomic mass is 16.5. The summed E-state index contributed by atoms with van der Waals surface area (Å²) >= 11 is 0. The molecule has 0 spiro atoms. The van der Waals surface area contributed by atoms with Crippen LogP contribution >= 0.6 is 0 Å². The van der Waals surface area contributed by atoms with E-state index in [-0.39, 0.29) is 6.61 Å². The van der Waals surface area contributed by atoms with E-state index >= 15 is 0 Å². The van der Waals surface area contributed by atoms with Crippen molar-refractivity contribution in [3.63, 3.8) is 0 Å². The Morgan fingerprint density at radius 1 is 1.08 bits per heavy atom. The maximum absolute atomic E-state index is 11.8. The van der Waals surface area contributed by atoms with Crippen molar-refractivity contribution in [1.82, 2.24) is 15.8 Å². The molecule has 2 amide bonds.